The first-order valence-electron chi connectivity index (χ1n) is 9.27. The topological polar surface area (TPSA) is 64.9 Å². The van der Waals surface area contributed by atoms with E-state index in [2.05, 4.69) is 5.32 Å². The Hall–Kier alpha value is -3.03. The van der Waals surface area contributed by atoms with E-state index < -0.39 is 0 Å². The first-order valence-corrected chi connectivity index (χ1v) is 10.5. The average molecular weight is 442 g/mol. The molecular formula is C22H20ClN3O3S. The SMILES string of the molecule is COc1ccc(OC)c(-c2cn3c(CC(=O)NCc4ccccc4Cl)csc3n2)c1. The van der Waals surface area contributed by atoms with Crippen molar-refractivity contribution in [2.24, 2.45) is 0 Å². The van der Waals surface area contributed by atoms with E-state index in [1.165, 1.54) is 11.3 Å². The van der Waals surface area contributed by atoms with E-state index in [4.69, 9.17) is 26.1 Å². The molecule has 0 bridgehead atoms. The Balaban J connectivity index is 1.54. The van der Waals surface area contributed by atoms with Gasteiger partial charge in [0.1, 0.15) is 11.5 Å². The minimum Gasteiger partial charge on any atom is -0.497 e. The standard InChI is InChI=1S/C22H20ClN3O3S/c1-28-16-7-8-20(29-2)17(10-16)19-12-26-15(13-30-22(26)25-19)9-21(27)24-11-14-5-3-4-6-18(14)23/h3-8,10,12-13H,9,11H2,1-2H3,(H,24,27). The molecule has 154 valence electrons. The Morgan fingerprint density at radius 2 is 2.03 bits per heavy atom. The molecule has 0 unspecified atom stereocenters. The number of ether oxygens (including phenoxy) is 2. The van der Waals surface area contributed by atoms with Crippen molar-refractivity contribution in [1.82, 2.24) is 14.7 Å². The molecule has 0 aliphatic rings. The van der Waals surface area contributed by atoms with E-state index in [0.29, 0.717) is 17.3 Å². The van der Waals surface area contributed by atoms with Gasteiger partial charge < -0.3 is 14.8 Å². The summed E-state index contributed by atoms with van der Waals surface area (Å²) in [4.78, 5) is 18.0. The summed E-state index contributed by atoms with van der Waals surface area (Å²) >= 11 is 7.65. The lowest BCUT2D eigenvalue weighted by Gasteiger charge is -2.08. The molecule has 2 aromatic carbocycles. The van der Waals surface area contributed by atoms with Crippen molar-refractivity contribution in [2.75, 3.05) is 14.2 Å². The number of benzene rings is 2. The maximum absolute atomic E-state index is 12.5. The number of fused-ring (bicyclic) bond motifs is 1. The van der Waals surface area contributed by atoms with Crippen molar-refractivity contribution in [3.05, 3.63) is 70.3 Å². The lowest BCUT2D eigenvalue weighted by Crippen LogP contribution is -2.25. The third kappa shape index (κ3) is 4.13. The summed E-state index contributed by atoms with van der Waals surface area (Å²) in [7, 11) is 3.25. The fourth-order valence-electron chi connectivity index (χ4n) is 3.16. The summed E-state index contributed by atoms with van der Waals surface area (Å²) in [5.41, 5.74) is 3.35. The van der Waals surface area contributed by atoms with Crippen molar-refractivity contribution < 1.29 is 14.3 Å². The summed E-state index contributed by atoms with van der Waals surface area (Å²) in [6, 6.07) is 13.1. The number of nitrogens with one attached hydrogen (secondary N) is 1. The third-order valence-corrected chi connectivity index (χ3v) is 6.00. The molecule has 0 saturated heterocycles. The summed E-state index contributed by atoms with van der Waals surface area (Å²) in [6.45, 7) is 0.391. The molecule has 8 heteroatoms. The number of amides is 1. The first-order chi connectivity index (χ1) is 14.6. The van der Waals surface area contributed by atoms with Crippen LogP contribution in [0.5, 0.6) is 11.5 Å². The van der Waals surface area contributed by atoms with E-state index in [9.17, 15) is 4.79 Å². The van der Waals surface area contributed by atoms with Crippen LogP contribution in [0.15, 0.2) is 54.0 Å². The van der Waals surface area contributed by atoms with Crippen molar-refractivity contribution >= 4 is 33.8 Å². The van der Waals surface area contributed by atoms with Crippen LogP contribution >= 0.6 is 22.9 Å². The van der Waals surface area contributed by atoms with Crippen LogP contribution in [0.2, 0.25) is 5.02 Å². The lowest BCUT2D eigenvalue weighted by molar-refractivity contribution is -0.120. The van der Waals surface area contributed by atoms with Gasteiger partial charge in [-0.15, -0.1) is 11.3 Å². The molecule has 1 N–H and O–H groups in total. The van der Waals surface area contributed by atoms with Crippen molar-refractivity contribution in [2.45, 2.75) is 13.0 Å². The summed E-state index contributed by atoms with van der Waals surface area (Å²) < 4.78 is 12.7. The van der Waals surface area contributed by atoms with Crippen LogP contribution < -0.4 is 14.8 Å². The molecule has 1 amide bonds. The monoisotopic (exact) mass is 441 g/mol. The smallest absolute Gasteiger partial charge is 0.226 e. The van der Waals surface area contributed by atoms with Gasteiger partial charge in [0.05, 0.1) is 26.3 Å². The summed E-state index contributed by atoms with van der Waals surface area (Å²) in [5.74, 6) is 1.35. The highest BCUT2D eigenvalue weighted by Crippen LogP contribution is 2.34. The van der Waals surface area contributed by atoms with Crippen LogP contribution in [0.1, 0.15) is 11.3 Å². The third-order valence-electron chi connectivity index (χ3n) is 4.74. The Bertz CT molecular complexity index is 1200. The second-order valence-electron chi connectivity index (χ2n) is 6.62. The van der Waals surface area contributed by atoms with Crippen LogP contribution in [0.3, 0.4) is 0 Å². The summed E-state index contributed by atoms with van der Waals surface area (Å²) in [6.07, 6.45) is 2.16. The van der Waals surface area contributed by atoms with Crippen molar-refractivity contribution in [1.29, 1.82) is 0 Å². The number of hydrogen-bond donors (Lipinski definition) is 1. The van der Waals surface area contributed by atoms with Gasteiger partial charge in [0.15, 0.2) is 4.96 Å². The predicted octanol–water partition coefficient (Wildman–Crippen LogP) is 4.59. The maximum Gasteiger partial charge on any atom is 0.226 e. The van der Waals surface area contributed by atoms with Crippen LogP contribution in [0.4, 0.5) is 0 Å². The Morgan fingerprint density at radius 1 is 1.20 bits per heavy atom. The van der Waals surface area contributed by atoms with Gasteiger partial charge in [0.25, 0.3) is 0 Å². The number of imidazole rings is 1. The highest BCUT2D eigenvalue weighted by atomic mass is 35.5. The van der Waals surface area contributed by atoms with Crippen molar-refractivity contribution in [3.63, 3.8) is 0 Å². The van der Waals surface area contributed by atoms with Gasteiger partial charge in [0.2, 0.25) is 5.91 Å². The molecule has 4 rings (SSSR count). The molecule has 0 aliphatic carbocycles. The minimum absolute atomic E-state index is 0.0798. The maximum atomic E-state index is 12.5. The van der Waals surface area contributed by atoms with Crippen LogP contribution in [-0.4, -0.2) is 29.5 Å². The predicted molar refractivity (Wildman–Crippen MR) is 119 cm³/mol. The van der Waals surface area contributed by atoms with Gasteiger partial charge in [-0.1, -0.05) is 29.8 Å². The van der Waals surface area contributed by atoms with E-state index in [0.717, 1.165) is 33.2 Å². The molecule has 2 aromatic heterocycles. The van der Waals surface area contributed by atoms with Gasteiger partial charge in [-0.3, -0.25) is 9.20 Å². The van der Waals surface area contributed by atoms with Crippen LogP contribution in [-0.2, 0) is 17.8 Å². The number of hydrogen-bond acceptors (Lipinski definition) is 5. The average Bonchev–Trinajstić information content (AvgIpc) is 3.34. The number of nitrogens with zero attached hydrogens (tertiary/aromatic N) is 2. The lowest BCUT2D eigenvalue weighted by atomic mass is 10.1. The highest BCUT2D eigenvalue weighted by Gasteiger charge is 2.16. The van der Waals surface area contributed by atoms with E-state index in [-0.39, 0.29) is 12.3 Å². The molecule has 0 aliphatic heterocycles. The van der Waals surface area contributed by atoms with Gasteiger partial charge in [0, 0.05) is 34.4 Å². The van der Waals surface area contributed by atoms with E-state index in [1.54, 1.807) is 14.2 Å². The molecule has 0 atom stereocenters. The zero-order chi connectivity index (χ0) is 21.1. The van der Waals surface area contributed by atoms with Crippen molar-refractivity contribution in [3.8, 4) is 22.8 Å². The van der Waals surface area contributed by atoms with E-state index >= 15 is 0 Å². The number of rotatable bonds is 7. The Labute approximate surface area is 183 Å². The molecule has 0 fully saturated rings. The molecule has 2 heterocycles. The number of methoxy groups -OCH3 is 2. The van der Waals surface area contributed by atoms with Gasteiger partial charge >= 0.3 is 0 Å². The zero-order valence-corrected chi connectivity index (χ0v) is 18.1. The largest absolute Gasteiger partial charge is 0.497 e. The van der Waals surface area contributed by atoms with Gasteiger partial charge in [-0.05, 0) is 29.8 Å². The molecule has 4 aromatic rings. The first kappa shape index (κ1) is 20.3. The molecular weight excluding hydrogens is 422 g/mol. The molecule has 0 radical (unpaired) electrons. The second kappa shape index (κ2) is 8.77. The number of thiazole rings is 1. The quantitative estimate of drug-likeness (QED) is 0.455. The fraction of sp³-hybridized carbons (Fsp3) is 0.182. The number of carbonyl (C=O) groups is 1. The Kier molecular flexibility index (Phi) is 5.92. The fourth-order valence-corrected chi connectivity index (χ4v) is 4.24. The number of carbonyl (C=O) groups excluding carboxylic acids is 1. The number of halogens is 1. The molecule has 0 spiro atoms. The Morgan fingerprint density at radius 3 is 2.80 bits per heavy atom. The van der Waals surface area contributed by atoms with Crippen LogP contribution in [0, 0.1) is 0 Å². The van der Waals surface area contributed by atoms with Crippen LogP contribution in [0.25, 0.3) is 16.2 Å². The molecule has 6 nitrogen and oxygen atoms in total. The molecule has 0 saturated carbocycles. The van der Waals surface area contributed by atoms with Gasteiger partial charge in [-0.2, -0.15) is 0 Å². The second-order valence-corrected chi connectivity index (χ2v) is 7.86. The summed E-state index contributed by atoms with van der Waals surface area (Å²) in [5, 5.41) is 5.51. The number of aromatic nitrogens is 2. The van der Waals surface area contributed by atoms with Gasteiger partial charge in [-0.25, -0.2) is 4.98 Å². The normalized spacial score (nSPS) is 10.9. The highest BCUT2D eigenvalue weighted by molar-refractivity contribution is 7.15. The minimum atomic E-state index is -0.0798. The molecule has 30 heavy (non-hydrogen) atoms. The van der Waals surface area contributed by atoms with E-state index in [1.807, 2.05) is 58.4 Å². The zero-order valence-electron chi connectivity index (χ0n) is 16.5.